The lowest BCUT2D eigenvalue weighted by molar-refractivity contribution is 0.242. The van der Waals surface area contributed by atoms with Crippen molar-refractivity contribution in [1.29, 1.82) is 0 Å². The molecule has 3 nitrogen and oxygen atoms in total. The molecule has 0 aromatic heterocycles. The zero-order chi connectivity index (χ0) is 13.2. The van der Waals surface area contributed by atoms with Crippen LogP contribution in [-0.2, 0) is 0 Å². The number of hydrogen-bond acceptors (Lipinski definition) is 3. The fourth-order valence-electron chi connectivity index (χ4n) is 1.52. The Hall–Kier alpha value is -0.515. The molecular formula is C12H18BBrO3. The fourth-order valence-corrected chi connectivity index (χ4v) is 2.11. The molecule has 1 rings (SSSR count). The molecule has 94 valence electrons. The highest BCUT2D eigenvalue weighted by molar-refractivity contribution is 9.10. The van der Waals surface area contributed by atoms with E-state index < -0.39 is 7.12 Å². The molecule has 0 bridgehead atoms. The molecule has 0 amide bonds. The van der Waals surface area contributed by atoms with E-state index in [1.54, 1.807) is 6.07 Å². The lowest BCUT2D eigenvalue weighted by Crippen LogP contribution is -2.33. The number of ether oxygens (including phenoxy) is 1. The maximum absolute atomic E-state index is 9.40. The normalized spacial score (nSPS) is 11.1. The van der Waals surface area contributed by atoms with E-state index in [1.807, 2.05) is 19.9 Å². The summed E-state index contributed by atoms with van der Waals surface area (Å²) < 4.78 is 6.36. The van der Waals surface area contributed by atoms with Crippen molar-refractivity contribution in [1.82, 2.24) is 0 Å². The quantitative estimate of drug-likeness (QED) is 0.837. The maximum atomic E-state index is 9.40. The molecule has 0 aliphatic heterocycles. The van der Waals surface area contributed by atoms with Gasteiger partial charge in [-0.2, -0.15) is 0 Å². The Balaban J connectivity index is 3.28. The van der Waals surface area contributed by atoms with Crippen molar-refractivity contribution in [2.75, 3.05) is 0 Å². The molecule has 0 aliphatic carbocycles. The monoisotopic (exact) mass is 300 g/mol. The van der Waals surface area contributed by atoms with Gasteiger partial charge >= 0.3 is 7.12 Å². The highest BCUT2D eigenvalue weighted by Crippen LogP contribution is 2.28. The van der Waals surface area contributed by atoms with Gasteiger partial charge in [0, 0.05) is 5.46 Å². The van der Waals surface area contributed by atoms with Gasteiger partial charge < -0.3 is 14.8 Å². The summed E-state index contributed by atoms with van der Waals surface area (Å²) in [6, 6.07) is 3.73. The fraction of sp³-hybridized carbons (Fsp3) is 0.500. The van der Waals surface area contributed by atoms with Crippen LogP contribution in [-0.4, -0.2) is 23.3 Å². The molecule has 2 N–H and O–H groups in total. The van der Waals surface area contributed by atoms with Crippen LogP contribution in [0.25, 0.3) is 0 Å². The Bertz CT molecular complexity index is 392. The van der Waals surface area contributed by atoms with Gasteiger partial charge in [0.1, 0.15) is 5.75 Å². The van der Waals surface area contributed by atoms with Gasteiger partial charge in [-0.25, -0.2) is 0 Å². The molecule has 0 heterocycles. The second-order valence-corrected chi connectivity index (χ2v) is 5.47. The van der Waals surface area contributed by atoms with Crippen molar-refractivity contribution in [3.63, 3.8) is 0 Å². The van der Waals surface area contributed by atoms with Crippen LogP contribution in [0.4, 0.5) is 0 Å². The van der Waals surface area contributed by atoms with Crippen molar-refractivity contribution in [3.8, 4) is 5.75 Å². The Kier molecular flexibility index (Phi) is 5.04. The van der Waals surface area contributed by atoms with Crippen LogP contribution in [0.5, 0.6) is 5.75 Å². The van der Waals surface area contributed by atoms with Crippen LogP contribution in [0.1, 0.15) is 39.2 Å². The molecule has 1 aromatic rings. The van der Waals surface area contributed by atoms with E-state index in [4.69, 9.17) is 4.74 Å². The summed E-state index contributed by atoms with van der Waals surface area (Å²) >= 11 is 3.42. The minimum absolute atomic E-state index is 0.0197. The van der Waals surface area contributed by atoms with Gasteiger partial charge in [0.15, 0.2) is 0 Å². The van der Waals surface area contributed by atoms with E-state index >= 15 is 0 Å². The summed E-state index contributed by atoms with van der Waals surface area (Å²) in [5.41, 5.74) is 1.44. The van der Waals surface area contributed by atoms with E-state index in [-0.39, 0.29) is 6.10 Å². The van der Waals surface area contributed by atoms with Gasteiger partial charge in [-0.1, -0.05) is 19.9 Å². The summed E-state index contributed by atoms with van der Waals surface area (Å²) in [5.74, 6) is 0.816. The zero-order valence-electron chi connectivity index (χ0n) is 10.6. The zero-order valence-corrected chi connectivity index (χ0v) is 12.2. The van der Waals surface area contributed by atoms with Gasteiger partial charge in [-0.3, -0.25) is 0 Å². The van der Waals surface area contributed by atoms with Gasteiger partial charge in [-0.05, 0) is 47.3 Å². The smallest absolute Gasteiger partial charge is 0.490 e. The molecular weight excluding hydrogens is 283 g/mol. The summed E-state index contributed by atoms with van der Waals surface area (Å²) in [4.78, 5) is 0. The third kappa shape index (κ3) is 3.73. The molecule has 0 spiro atoms. The molecule has 0 saturated carbocycles. The molecule has 0 radical (unpaired) electrons. The van der Waals surface area contributed by atoms with Crippen LogP contribution >= 0.6 is 15.9 Å². The van der Waals surface area contributed by atoms with Crippen LogP contribution in [0, 0.1) is 0 Å². The van der Waals surface area contributed by atoms with Crippen molar-refractivity contribution in [2.45, 2.75) is 39.7 Å². The minimum atomic E-state index is -1.53. The Morgan fingerprint density at radius 2 is 1.76 bits per heavy atom. The molecule has 0 atom stereocenters. The largest absolute Gasteiger partial charge is 0.492 e. The van der Waals surface area contributed by atoms with Gasteiger partial charge in [0.05, 0.1) is 10.6 Å². The maximum Gasteiger partial charge on any atom is 0.492 e. The van der Waals surface area contributed by atoms with Gasteiger partial charge in [0.25, 0.3) is 0 Å². The Morgan fingerprint density at radius 1 is 1.18 bits per heavy atom. The molecule has 0 fully saturated rings. The summed E-state index contributed by atoms with van der Waals surface area (Å²) in [6.07, 6.45) is -0.0197. The topological polar surface area (TPSA) is 49.7 Å². The van der Waals surface area contributed by atoms with Crippen LogP contribution in [0.3, 0.4) is 0 Å². The third-order valence-electron chi connectivity index (χ3n) is 2.39. The lowest BCUT2D eigenvalue weighted by atomic mass is 9.78. The van der Waals surface area contributed by atoms with E-state index in [9.17, 15) is 10.0 Å². The molecule has 5 heteroatoms. The van der Waals surface area contributed by atoms with E-state index in [1.165, 1.54) is 0 Å². The predicted octanol–water partition coefficient (Wildman–Crippen LogP) is 2.04. The van der Waals surface area contributed by atoms with Crippen LogP contribution < -0.4 is 10.2 Å². The van der Waals surface area contributed by atoms with E-state index in [0.717, 1.165) is 10.0 Å². The average molecular weight is 301 g/mol. The van der Waals surface area contributed by atoms with Crippen LogP contribution in [0.15, 0.2) is 16.6 Å². The number of rotatable bonds is 4. The highest BCUT2D eigenvalue weighted by Gasteiger charge is 2.22. The Labute approximate surface area is 111 Å². The van der Waals surface area contributed by atoms with Crippen LogP contribution in [0.2, 0.25) is 0 Å². The second-order valence-electron chi connectivity index (χ2n) is 4.62. The SMILES string of the molecule is CC(C)Oc1c(Br)cc(C(C)C)cc1B(O)O. The molecule has 0 saturated heterocycles. The highest BCUT2D eigenvalue weighted by atomic mass is 79.9. The summed E-state index contributed by atoms with van der Waals surface area (Å²) in [5, 5.41) is 18.8. The molecule has 0 aliphatic rings. The van der Waals surface area contributed by atoms with Crippen molar-refractivity contribution < 1.29 is 14.8 Å². The first kappa shape index (κ1) is 14.5. The predicted molar refractivity (Wildman–Crippen MR) is 73.8 cm³/mol. The van der Waals surface area contributed by atoms with Crippen molar-refractivity contribution in [3.05, 3.63) is 22.2 Å². The minimum Gasteiger partial charge on any atom is -0.490 e. The summed E-state index contributed by atoms with van der Waals surface area (Å²) in [6.45, 7) is 7.91. The standard InChI is InChI=1S/C12H18BBrO3/c1-7(2)9-5-10(13(15)16)12(11(14)6-9)17-8(3)4/h5-8,15-16H,1-4H3. The third-order valence-corrected chi connectivity index (χ3v) is 2.98. The number of halogens is 1. The molecule has 17 heavy (non-hydrogen) atoms. The number of benzene rings is 1. The van der Waals surface area contributed by atoms with Gasteiger partial charge in [0.2, 0.25) is 0 Å². The second kappa shape index (κ2) is 5.89. The van der Waals surface area contributed by atoms with Gasteiger partial charge in [-0.15, -0.1) is 0 Å². The average Bonchev–Trinajstić information content (AvgIpc) is 2.19. The molecule has 0 unspecified atom stereocenters. The van der Waals surface area contributed by atoms with E-state index in [2.05, 4.69) is 29.8 Å². The Morgan fingerprint density at radius 3 is 2.18 bits per heavy atom. The first-order valence-electron chi connectivity index (χ1n) is 5.69. The van der Waals surface area contributed by atoms with Crippen molar-refractivity contribution in [2.24, 2.45) is 0 Å². The molecule has 1 aromatic carbocycles. The first-order chi connectivity index (χ1) is 7.82. The first-order valence-corrected chi connectivity index (χ1v) is 6.48. The van der Waals surface area contributed by atoms with Crippen molar-refractivity contribution >= 4 is 28.5 Å². The summed E-state index contributed by atoms with van der Waals surface area (Å²) in [7, 11) is -1.53. The van der Waals surface area contributed by atoms with E-state index in [0.29, 0.717) is 17.1 Å². The number of hydrogen-bond donors (Lipinski definition) is 2. The lowest BCUT2D eigenvalue weighted by Gasteiger charge is -2.18.